The SMILES string of the molecule is O=C(CC12CC3CC(CC(C3)C1)C2)NCC(=O)OCC(=O)c1ccc2c(c1)CCC2. The van der Waals surface area contributed by atoms with Crippen molar-refractivity contribution in [2.45, 2.75) is 64.2 Å². The number of carbonyl (C=O) groups is 3. The summed E-state index contributed by atoms with van der Waals surface area (Å²) in [4.78, 5) is 36.9. The molecule has 30 heavy (non-hydrogen) atoms. The molecule has 5 nitrogen and oxygen atoms in total. The lowest BCUT2D eigenvalue weighted by molar-refractivity contribution is -0.143. The lowest BCUT2D eigenvalue weighted by Crippen LogP contribution is -2.48. The maximum absolute atomic E-state index is 12.5. The molecule has 0 saturated heterocycles. The van der Waals surface area contributed by atoms with Crippen LogP contribution in [0.2, 0.25) is 0 Å². The molecule has 160 valence electrons. The predicted molar refractivity (Wildman–Crippen MR) is 112 cm³/mol. The van der Waals surface area contributed by atoms with Crippen LogP contribution in [0, 0.1) is 23.2 Å². The van der Waals surface area contributed by atoms with Crippen LogP contribution >= 0.6 is 0 Å². The number of hydrogen-bond donors (Lipinski definition) is 1. The Balaban J connectivity index is 1.07. The molecule has 0 radical (unpaired) electrons. The second-order valence-electron chi connectivity index (χ2n) is 10.3. The first-order valence-corrected chi connectivity index (χ1v) is 11.6. The summed E-state index contributed by atoms with van der Waals surface area (Å²) in [6.07, 6.45) is 11.3. The Morgan fingerprint density at radius 1 is 0.967 bits per heavy atom. The van der Waals surface area contributed by atoms with Gasteiger partial charge in [0.25, 0.3) is 0 Å². The van der Waals surface area contributed by atoms with Crippen molar-refractivity contribution in [2.24, 2.45) is 23.2 Å². The third-order valence-electron chi connectivity index (χ3n) is 7.92. The number of hydrogen-bond acceptors (Lipinski definition) is 4. The number of amides is 1. The van der Waals surface area contributed by atoms with E-state index in [1.165, 1.54) is 49.7 Å². The Hall–Kier alpha value is -2.17. The smallest absolute Gasteiger partial charge is 0.325 e. The molecule has 4 bridgehead atoms. The van der Waals surface area contributed by atoms with E-state index in [9.17, 15) is 14.4 Å². The first kappa shape index (κ1) is 19.8. The first-order valence-electron chi connectivity index (χ1n) is 11.6. The monoisotopic (exact) mass is 409 g/mol. The van der Waals surface area contributed by atoms with Gasteiger partial charge in [-0.1, -0.05) is 12.1 Å². The van der Waals surface area contributed by atoms with E-state index < -0.39 is 5.97 Å². The Bertz CT molecular complexity index is 839. The highest BCUT2D eigenvalue weighted by Gasteiger charge is 2.51. The Morgan fingerprint density at radius 3 is 2.33 bits per heavy atom. The zero-order chi connectivity index (χ0) is 20.7. The van der Waals surface area contributed by atoms with Crippen LogP contribution in [0.25, 0.3) is 0 Å². The van der Waals surface area contributed by atoms with Gasteiger partial charge in [0.1, 0.15) is 6.54 Å². The van der Waals surface area contributed by atoms with Gasteiger partial charge in [-0.3, -0.25) is 14.4 Å². The molecule has 0 aliphatic heterocycles. The number of aryl methyl sites for hydroxylation is 2. The van der Waals surface area contributed by atoms with Crippen LogP contribution in [0.1, 0.15) is 72.9 Å². The van der Waals surface area contributed by atoms with Gasteiger partial charge in [-0.25, -0.2) is 0 Å². The minimum Gasteiger partial charge on any atom is -0.456 e. The van der Waals surface area contributed by atoms with Crippen LogP contribution in [0.3, 0.4) is 0 Å². The molecule has 6 rings (SSSR count). The molecule has 1 aromatic rings. The van der Waals surface area contributed by atoms with E-state index in [-0.39, 0.29) is 30.3 Å². The molecule has 5 heteroatoms. The number of Topliss-reactive ketones (excluding diaryl/α,β-unsaturated/α-hetero) is 1. The van der Waals surface area contributed by atoms with Gasteiger partial charge in [0.15, 0.2) is 12.4 Å². The zero-order valence-corrected chi connectivity index (χ0v) is 17.6. The normalized spacial score (nSPS) is 30.7. The minimum absolute atomic E-state index is 0.0566. The van der Waals surface area contributed by atoms with Crippen LogP contribution in [0.15, 0.2) is 18.2 Å². The number of rotatable bonds is 7. The number of benzene rings is 1. The molecule has 0 atom stereocenters. The number of carbonyl (C=O) groups excluding carboxylic acids is 3. The van der Waals surface area contributed by atoms with Crippen LogP contribution in [-0.2, 0) is 27.2 Å². The van der Waals surface area contributed by atoms with Crippen LogP contribution in [-0.4, -0.2) is 30.8 Å². The molecular weight excluding hydrogens is 378 g/mol. The van der Waals surface area contributed by atoms with Crippen LogP contribution in [0.5, 0.6) is 0 Å². The molecule has 4 saturated carbocycles. The predicted octanol–water partition coefficient (Wildman–Crippen LogP) is 3.62. The maximum Gasteiger partial charge on any atom is 0.325 e. The van der Waals surface area contributed by atoms with Gasteiger partial charge in [-0.15, -0.1) is 0 Å². The molecule has 1 N–H and O–H groups in total. The minimum atomic E-state index is -0.552. The van der Waals surface area contributed by atoms with Crippen LogP contribution in [0.4, 0.5) is 0 Å². The molecular formula is C25H31NO4. The van der Waals surface area contributed by atoms with E-state index in [2.05, 4.69) is 5.32 Å². The molecule has 0 aromatic heterocycles. The lowest BCUT2D eigenvalue weighted by Gasteiger charge is -2.56. The maximum atomic E-state index is 12.5. The second-order valence-corrected chi connectivity index (χ2v) is 10.3. The average Bonchev–Trinajstić information content (AvgIpc) is 3.17. The fourth-order valence-electron chi connectivity index (χ4n) is 7.11. The molecule has 4 fully saturated rings. The molecule has 1 aromatic carbocycles. The van der Waals surface area contributed by atoms with E-state index in [4.69, 9.17) is 4.74 Å². The zero-order valence-electron chi connectivity index (χ0n) is 17.6. The lowest BCUT2D eigenvalue weighted by atomic mass is 9.49. The molecule has 5 aliphatic carbocycles. The summed E-state index contributed by atoms with van der Waals surface area (Å²) in [5.74, 6) is 1.61. The number of ketones is 1. The third-order valence-corrected chi connectivity index (χ3v) is 7.92. The quantitative estimate of drug-likeness (QED) is 0.551. The highest BCUT2D eigenvalue weighted by molar-refractivity contribution is 5.98. The summed E-state index contributed by atoms with van der Waals surface area (Å²) in [5, 5.41) is 2.73. The van der Waals surface area contributed by atoms with Crippen molar-refractivity contribution in [1.82, 2.24) is 5.32 Å². The summed E-state index contributed by atoms with van der Waals surface area (Å²) in [6.45, 7) is -0.439. The Kier molecular flexibility index (Phi) is 5.16. The summed E-state index contributed by atoms with van der Waals surface area (Å²) in [7, 11) is 0. The highest BCUT2D eigenvalue weighted by Crippen LogP contribution is 2.61. The number of ether oxygens (including phenoxy) is 1. The fourth-order valence-corrected chi connectivity index (χ4v) is 7.11. The van der Waals surface area contributed by atoms with Crippen molar-refractivity contribution >= 4 is 17.7 Å². The van der Waals surface area contributed by atoms with Gasteiger partial charge in [-0.05, 0) is 98.1 Å². The molecule has 5 aliphatic rings. The summed E-state index contributed by atoms with van der Waals surface area (Å²) < 4.78 is 5.12. The number of nitrogens with one attached hydrogen (secondary N) is 1. The highest BCUT2D eigenvalue weighted by atomic mass is 16.5. The van der Waals surface area contributed by atoms with Crippen LogP contribution < -0.4 is 5.32 Å². The average molecular weight is 410 g/mol. The largest absolute Gasteiger partial charge is 0.456 e. The van der Waals surface area contributed by atoms with E-state index in [1.807, 2.05) is 18.2 Å². The van der Waals surface area contributed by atoms with E-state index in [0.29, 0.717) is 12.0 Å². The standard InChI is InChI=1S/C25H31NO4/c27-22(21-5-4-19-2-1-3-20(19)9-21)15-30-24(29)14-26-23(28)13-25-10-16-6-17(11-25)8-18(7-16)12-25/h4-5,9,16-18H,1-3,6-8,10-15H2,(H,26,28). The van der Waals surface area contributed by atoms with Gasteiger partial charge >= 0.3 is 5.97 Å². The van der Waals surface area contributed by atoms with Gasteiger partial charge < -0.3 is 10.1 Å². The van der Waals surface area contributed by atoms with Crippen molar-refractivity contribution in [2.75, 3.05) is 13.2 Å². The summed E-state index contributed by atoms with van der Waals surface area (Å²) in [6, 6.07) is 5.74. The third kappa shape index (κ3) is 4.03. The van der Waals surface area contributed by atoms with E-state index >= 15 is 0 Å². The molecule has 1 amide bonds. The van der Waals surface area contributed by atoms with Crippen molar-refractivity contribution < 1.29 is 19.1 Å². The van der Waals surface area contributed by atoms with E-state index in [1.54, 1.807) is 0 Å². The van der Waals surface area contributed by atoms with Gasteiger partial charge in [0, 0.05) is 12.0 Å². The molecule has 0 unspecified atom stereocenters. The first-order chi connectivity index (χ1) is 14.5. The van der Waals surface area contributed by atoms with Gasteiger partial charge in [0.2, 0.25) is 5.91 Å². The van der Waals surface area contributed by atoms with Gasteiger partial charge in [0.05, 0.1) is 0 Å². The number of esters is 1. The Morgan fingerprint density at radius 2 is 1.63 bits per heavy atom. The Labute approximate surface area is 177 Å². The topological polar surface area (TPSA) is 72.5 Å². The summed E-state index contributed by atoms with van der Waals surface area (Å²) in [5.41, 5.74) is 3.29. The second kappa shape index (κ2) is 7.82. The number of fused-ring (bicyclic) bond motifs is 1. The molecule has 0 spiro atoms. The van der Waals surface area contributed by atoms with Crippen molar-refractivity contribution in [1.29, 1.82) is 0 Å². The fraction of sp³-hybridized carbons (Fsp3) is 0.640. The van der Waals surface area contributed by atoms with E-state index in [0.717, 1.165) is 37.0 Å². The van der Waals surface area contributed by atoms with Crippen molar-refractivity contribution in [3.05, 3.63) is 34.9 Å². The summed E-state index contributed by atoms with van der Waals surface area (Å²) >= 11 is 0. The van der Waals surface area contributed by atoms with Crippen molar-refractivity contribution in [3.63, 3.8) is 0 Å². The molecule has 0 heterocycles. The van der Waals surface area contributed by atoms with Crippen molar-refractivity contribution in [3.8, 4) is 0 Å². The van der Waals surface area contributed by atoms with Gasteiger partial charge in [-0.2, -0.15) is 0 Å².